The smallest absolute Gasteiger partial charge is 0.157 e. The fourth-order valence-corrected chi connectivity index (χ4v) is 3.91. The predicted molar refractivity (Wildman–Crippen MR) is 76.9 cm³/mol. The summed E-state index contributed by atoms with van der Waals surface area (Å²) in [5, 5.41) is 5.79. The summed E-state index contributed by atoms with van der Waals surface area (Å²) in [7, 11) is 0. The fourth-order valence-electron chi connectivity index (χ4n) is 1.85. The lowest BCUT2D eigenvalue weighted by molar-refractivity contribution is 0.407. The quantitative estimate of drug-likeness (QED) is 0.912. The molecule has 2 heterocycles. The van der Waals surface area contributed by atoms with E-state index < -0.39 is 0 Å². The number of hydrogen-bond acceptors (Lipinski definition) is 4. The molecule has 0 saturated carbocycles. The van der Waals surface area contributed by atoms with Crippen molar-refractivity contribution in [3.05, 3.63) is 16.1 Å². The summed E-state index contributed by atoms with van der Waals surface area (Å²) in [4.78, 5) is 10.1. The molecular weight excluding hydrogens is 250 g/mol. The first-order valence-corrected chi connectivity index (χ1v) is 7.84. The van der Waals surface area contributed by atoms with Crippen molar-refractivity contribution in [1.82, 2.24) is 10.3 Å². The number of thioether (sulfide) groups is 1. The van der Waals surface area contributed by atoms with Crippen LogP contribution in [0.5, 0.6) is 0 Å². The molecule has 1 aromatic heterocycles. The normalized spacial score (nSPS) is 20.8. The molecular formula is C12H19N3S2. The van der Waals surface area contributed by atoms with Gasteiger partial charge in [-0.15, -0.1) is 11.3 Å². The van der Waals surface area contributed by atoms with Crippen molar-refractivity contribution in [1.29, 1.82) is 0 Å². The van der Waals surface area contributed by atoms with Gasteiger partial charge in [-0.05, 0) is 19.8 Å². The topological polar surface area (TPSA) is 37.3 Å². The van der Waals surface area contributed by atoms with Gasteiger partial charge >= 0.3 is 0 Å². The van der Waals surface area contributed by atoms with Crippen molar-refractivity contribution in [3.8, 4) is 0 Å². The van der Waals surface area contributed by atoms with Gasteiger partial charge in [0.2, 0.25) is 0 Å². The summed E-state index contributed by atoms with van der Waals surface area (Å²) in [6, 6.07) is 0. The third-order valence-corrected chi connectivity index (χ3v) is 5.36. The SMILES string of the molecule is CCC1(CC)CSC(=NCc2cnc(C)s2)N1. The van der Waals surface area contributed by atoms with Gasteiger partial charge in [-0.1, -0.05) is 25.6 Å². The molecule has 1 N–H and O–H groups in total. The van der Waals surface area contributed by atoms with E-state index in [1.807, 2.05) is 24.9 Å². The zero-order valence-corrected chi connectivity index (χ0v) is 12.2. The van der Waals surface area contributed by atoms with Gasteiger partial charge in [-0.25, -0.2) is 4.98 Å². The van der Waals surface area contributed by atoms with Crippen LogP contribution < -0.4 is 5.32 Å². The summed E-state index contributed by atoms with van der Waals surface area (Å²) in [5.74, 6) is 1.14. The molecule has 1 fully saturated rings. The Morgan fingerprint density at radius 1 is 1.47 bits per heavy atom. The van der Waals surface area contributed by atoms with Crippen molar-refractivity contribution < 1.29 is 0 Å². The highest BCUT2D eigenvalue weighted by Gasteiger charge is 2.33. The predicted octanol–water partition coefficient (Wildman–Crippen LogP) is 3.20. The minimum absolute atomic E-state index is 0.271. The lowest BCUT2D eigenvalue weighted by Crippen LogP contribution is -2.42. The zero-order valence-electron chi connectivity index (χ0n) is 10.6. The Balaban J connectivity index is 1.96. The Morgan fingerprint density at radius 3 is 2.76 bits per heavy atom. The monoisotopic (exact) mass is 269 g/mol. The van der Waals surface area contributed by atoms with Crippen LogP contribution in [0.15, 0.2) is 11.2 Å². The molecule has 94 valence electrons. The summed E-state index contributed by atoms with van der Waals surface area (Å²) in [6.07, 6.45) is 4.25. The van der Waals surface area contributed by atoms with Crippen molar-refractivity contribution in [2.45, 2.75) is 45.7 Å². The van der Waals surface area contributed by atoms with E-state index in [1.54, 1.807) is 11.3 Å². The summed E-state index contributed by atoms with van der Waals surface area (Å²) >= 11 is 3.57. The number of nitrogens with one attached hydrogen (secondary N) is 1. The molecule has 0 spiro atoms. The molecule has 3 nitrogen and oxygen atoms in total. The number of aromatic nitrogens is 1. The van der Waals surface area contributed by atoms with E-state index >= 15 is 0 Å². The zero-order chi connectivity index (χ0) is 12.3. The Labute approximate surface area is 111 Å². The molecule has 1 aliphatic heterocycles. The van der Waals surface area contributed by atoms with E-state index in [9.17, 15) is 0 Å². The van der Waals surface area contributed by atoms with E-state index in [1.165, 1.54) is 4.88 Å². The minimum Gasteiger partial charge on any atom is -0.359 e. The molecule has 0 unspecified atom stereocenters. The first-order valence-electron chi connectivity index (χ1n) is 6.04. The van der Waals surface area contributed by atoms with Gasteiger partial charge in [0.05, 0.1) is 11.6 Å². The molecule has 0 radical (unpaired) electrons. The molecule has 0 aromatic carbocycles. The van der Waals surface area contributed by atoms with E-state index in [4.69, 9.17) is 0 Å². The number of amidine groups is 1. The second-order valence-corrected chi connectivity index (χ2v) is 6.65. The number of hydrogen-bond donors (Lipinski definition) is 1. The van der Waals surface area contributed by atoms with Gasteiger partial charge in [0.25, 0.3) is 0 Å². The van der Waals surface area contributed by atoms with E-state index in [0.717, 1.165) is 35.3 Å². The first kappa shape index (κ1) is 12.9. The molecule has 0 aliphatic carbocycles. The second kappa shape index (κ2) is 5.40. The average molecular weight is 269 g/mol. The van der Waals surface area contributed by atoms with Crippen LogP contribution in [0.25, 0.3) is 0 Å². The van der Waals surface area contributed by atoms with E-state index in [-0.39, 0.29) is 5.54 Å². The number of aryl methyl sites for hydroxylation is 1. The lowest BCUT2D eigenvalue weighted by Gasteiger charge is -2.25. The largest absolute Gasteiger partial charge is 0.359 e. The number of thiazole rings is 1. The van der Waals surface area contributed by atoms with Crippen LogP contribution in [0.3, 0.4) is 0 Å². The second-order valence-electron chi connectivity index (χ2n) is 4.37. The Hall–Kier alpha value is -0.550. The lowest BCUT2D eigenvalue weighted by atomic mass is 9.96. The van der Waals surface area contributed by atoms with Crippen LogP contribution in [0.1, 0.15) is 36.6 Å². The van der Waals surface area contributed by atoms with Gasteiger partial charge in [0.1, 0.15) is 0 Å². The number of rotatable bonds is 4. The van der Waals surface area contributed by atoms with Gasteiger partial charge in [0, 0.05) is 22.4 Å². The minimum atomic E-state index is 0.271. The number of aliphatic imine (C=N–C) groups is 1. The third kappa shape index (κ3) is 3.01. The fraction of sp³-hybridized carbons (Fsp3) is 0.667. The maximum Gasteiger partial charge on any atom is 0.157 e. The highest BCUT2D eigenvalue weighted by Crippen LogP contribution is 2.29. The van der Waals surface area contributed by atoms with Crippen LogP contribution in [0, 0.1) is 6.92 Å². The molecule has 17 heavy (non-hydrogen) atoms. The molecule has 5 heteroatoms. The van der Waals surface area contributed by atoms with Gasteiger partial charge < -0.3 is 5.32 Å². The van der Waals surface area contributed by atoms with Gasteiger partial charge in [-0.2, -0.15) is 0 Å². The third-order valence-electron chi connectivity index (χ3n) is 3.26. The Kier molecular flexibility index (Phi) is 4.09. The Bertz CT molecular complexity index is 408. The number of nitrogens with zero attached hydrogens (tertiary/aromatic N) is 2. The summed E-state index contributed by atoms with van der Waals surface area (Å²) < 4.78 is 0. The van der Waals surface area contributed by atoms with Crippen LogP contribution >= 0.6 is 23.1 Å². The van der Waals surface area contributed by atoms with Crippen LogP contribution in [0.2, 0.25) is 0 Å². The molecule has 1 aromatic rings. The van der Waals surface area contributed by atoms with Gasteiger partial charge in [-0.3, -0.25) is 4.99 Å². The van der Waals surface area contributed by atoms with Crippen LogP contribution in [-0.2, 0) is 6.54 Å². The van der Waals surface area contributed by atoms with Crippen molar-refractivity contribution >= 4 is 28.3 Å². The van der Waals surface area contributed by atoms with E-state index in [0.29, 0.717) is 0 Å². The maximum absolute atomic E-state index is 4.64. The first-order chi connectivity index (χ1) is 8.17. The van der Waals surface area contributed by atoms with Crippen molar-refractivity contribution in [2.24, 2.45) is 4.99 Å². The molecule has 1 saturated heterocycles. The van der Waals surface area contributed by atoms with Gasteiger partial charge in [0.15, 0.2) is 5.17 Å². The maximum atomic E-state index is 4.64. The van der Waals surface area contributed by atoms with Crippen molar-refractivity contribution in [3.63, 3.8) is 0 Å². The van der Waals surface area contributed by atoms with Crippen molar-refractivity contribution in [2.75, 3.05) is 5.75 Å². The standard InChI is InChI=1S/C12H19N3S2/c1-4-12(5-2)8-16-11(15-12)14-7-10-6-13-9(3)17-10/h6H,4-5,7-8H2,1-3H3,(H,14,15). The van der Waals surface area contributed by atoms with Crippen LogP contribution in [0.4, 0.5) is 0 Å². The molecule has 0 amide bonds. The van der Waals surface area contributed by atoms with E-state index in [2.05, 4.69) is 29.1 Å². The molecule has 1 aliphatic rings. The Morgan fingerprint density at radius 2 is 2.24 bits per heavy atom. The highest BCUT2D eigenvalue weighted by atomic mass is 32.2. The average Bonchev–Trinajstić information content (AvgIpc) is 2.93. The summed E-state index contributed by atoms with van der Waals surface area (Å²) in [6.45, 7) is 7.27. The molecule has 0 atom stereocenters. The molecule has 2 rings (SSSR count). The molecule has 0 bridgehead atoms. The summed E-state index contributed by atoms with van der Waals surface area (Å²) in [5.41, 5.74) is 0.271. The highest BCUT2D eigenvalue weighted by molar-refractivity contribution is 8.14. The van der Waals surface area contributed by atoms with Crippen LogP contribution in [-0.4, -0.2) is 21.4 Å².